The number of amides is 3. The van der Waals surface area contributed by atoms with Gasteiger partial charge in [-0.1, -0.05) is 59.6 Å². The second kappa shape index (κ2) is 8.39. The van der Waals surface area contributed by atoms with E-state index in [0.717, 1.165) is 28.2 Å². The highest BCUT2D eigenvalue weighted by atomic mass is 35.5. The molecule has 1 aliphatic rings. The predicted octanol–water partition coefficient (Wildman–Crippen LogP) is 6.74. The van der Waals surface area contributed by atoms with Crippen LogP contribution in [0.5, 0.6) is 0 Å². The van der Waals surface area contributed by atoms with E-state index in [-0.39, 0.29) is 12.1 Å². The van der Waals surface area contributed by atoms with Gasteiger partial charge < -0.3 is 5.32 Å². The molecule has 1 fully saturated rings. The molecule has 0 aromatic heterocycles. The molecular weight excluding hydrogens is 476 g/mol. The predicted molar refractivity (Wildman–Crippen MR) is 121 cm³/mol. The molecule has 0 saturated carbocycles. The lowest BCUT2D eigenvalue weighted by molar-refractivity contribution is -0.137. The van der Waals surface area contributed by atoms with Gasteiger partial charge in [0.05, 0.1) is 11.3 Å². The number of hydrogen-bond acceptors (Lipinski definition) is 2. The fourth-order valence-corrected chi connectivity index (χ4v) is 4.30. The summed E-state index contributed by atoms with van der Waals surface area (Å²) in [7, 11) is 0. The summed E-state index contributed by atoms with van der Waals surface area (Å²) in [5.74, 6) is -0.447. The van der Waals surface area contributed by atoms with Crippen molar-refractivity contribution < 1.29 is 22.8 Å². The Labute approximate surface area is 197 Å². The molecule has 0 spiro atoms. The molecule has 4 nitrogen and oxygen atoms in total. The maximum atomic E-state index is 13.1. The Bertz CT molecular complexity index is 1210. The van der Waals surface area contributed by atoms with Gasteiger partial charge in [-0.3, -0.25) is 4.79 Å². The van der Waals surface area contributed by atoms with Gasteiger partial charge in [-0.25, -0.2) is 9.69 Å². The minimum atomic E-state index is -4.39. The quantitative estimate of drug-likeness (QED) is 0.410. The molecule has 0 aliphatic carbocycles. The fourth-order valence-electron chi connectivity index (χ4n) is 3.78. The summed E-state index contributed by atoms with van der Waals surface area (Å²) in [6.07, 6.45) is -4.17. The third-order valence-corrected chi connectivity index (χ3v) is 5.86. The lowest BCUT2D eigenvalue weighted by Crippen LogP contribution is -2.46. The Kier molecular flexibility index (Phi) is 5.88. The normalized spacial score (nSPS) is 18.5. The van der Waals surface area contributed by atoms with Crippen molar-refractivity contribution in [2.75, 3.05) is 4.90 Å². The minimum Gasteiger partial charge on any atom is -0.323 e. The molecular formula is C24H17Cl2F3N2O2. The van der Waals surface area contributed by atoms with E-state index < -0.39 is 29.2 Å². The van der Waals surface area contributed by atoms with Gasteiger partial charge in [0.25, 0.3) is 5.91 Å². The van der Waals surface area contributed by atoms with E-state index >= 15 is 0 Å². The van der Waals surface area contributed by atoms with E-state index in [1.807, 2.05) is 0 Å². The van der Waals surface area contributed by atoms with Gasteiger partial charge in [-0.2, -0.15) is 13.2 Å². The number of anilines is 1. The smallest absolute Gasteiger partial charge is 0.323 e. The highest BCUT2D eigenvalue weighted by Gasteiger charge is 2.48. The van der Waals surface area contributed by atoms with Crippen LogP contribution in [0.1, 0.15) is 18.1 Å². The summed E-state index contributed by atoms with van der Waals surface area (Å²) in [4.78, 5) is 26.7. The number of nitrogens with zero attached hydrogens (tertiary/aromatic N) is 1. The molecule has 1 atom stereocenters. The van der Waals surface area contributed by atoms with E-state index in [2.05, 4.69) is 5.32 Å². The number of imide groups is 1. The van der Waals surface area contributed by atoms with E-state index in [9.17, 15) is 22.8 Å². The Balaban J connectivity index is 1.53. The second-order valence-electron chi connectivity index (χ2n) is 7.98. The molecule has 1 aliphatic heterocycles. The zero-order valence-electron chi connectivity index (χ0n) is 17.2. The van der Waals surface area contributed by atoms with Crippen LogP contribution in [0.2, 0.25) is 10.0 Å². The number of urea groups is 1. The highest BCUT2D eigenvalue weighted by molar-refractivity contribution is 6.35. The molecule has 0 bridgehead atoms. The molecule has 9 heteroatoms. The molecule has 1 N–H and O–H groups in total. The lowest BCUT2D eigenvalue weighted by Gasteiger charge is -2.22. The number of carbonyl (C=O) groups is 2. The van der Waals surface area contributed by atoms with Crippen LogP contribution >= 0.6 is 23.2 Å². The zero-order chi connectivity index (χ0) is 24.0. The Morgan fingerprint density at radius 1 is 0.879 bits per heavy atom. The van der Waals surface area contributed by atoms with Crippen molar-refractivity contribution in [3.8, 4) is 11.1 Å². The topological polar surface area (TPSA) is 49.4 Å². The number of alkyl halides is 3. The van der Waals surface area contributed by atoms with Crippen molar-refractivity contribution >= 4 is 40.8 Å². The first-order valence-electron chi connectivity index (χ1n) is 9.86. The summed E-state index contributed by atoms with van der Waals surface area (Å²) >= 11 is 12.0. The van der Waals surface area contributed by atoms with E-state index in [1.54, 1.807) is 31.2 Å². The third-order valence-electron chi connectivity index (χ3n) is 5.42. The molecule has 1 saturated heterocycles. The van der Waals surface area contributed by atoms with Gasteiger partial charge in [0.15, 0.2) is 0 Å². The van der Waals surface area contributed by atoms with Crippen molar-refractivity contribution in [3.63, 3.8) is 0 Å². The molecule has 0 radical (unpaired) electrons. The first kappa shape index (κ1) is 23.1. The third kappa shape index (κ3) is 4.70. The van der Waals surface area contributed by atoms with Gasteiger partial charge in [-0.05, 0) is 53.9 Å². The van der Waals surface area contributed by atoms with Gasteiger partial charge in [0, 0.05) is 16.5 Å². The summed E-state index contributed by atoms with van der Waals surface area (Å²) in [5.41, 5.74) is 0.507. The standard InChI is InChI=1S/C24H17Cl2F3N2O2/c1-23(21(32)31(22(33)30-23)20-11-18(25)10-19(26)12-20)13-14-2-4-15(5-3-14)16-6-8-17(9-7-16)24(27,28)29/h2-12H,13H2,1H3,(H,30,33). The van der Waals surface area contributed by atoms with Crippen LogP contribution in [0.15, 0.2) is 66.7 Å². The molecule has 33 heavy (non-hydrogen) atoms. The van der Waals surface area contributed by atoms with Crippen molar-refractivity contribution in [1.29, 1.82) is 0 Å². The number of nitrogens with one attached hydrogen (secondary N) is 1. The molecule has 3 aromatic rings. The molecule has 3 aromatic carbocycles. The number of carbonyl (C=O) groups excluding carboxylic acids is 2. The zero-order valence-corrected chi connectivity index (χ0v) is 18.7. The van der Waals surface area contributed by atoms with Crippen LogP contribution in [0, 0.1) is 0 Å². The average Bonchev–Trinajstić information content (AvgIpc) is 2.95. The molecule has 1 unspecified atom stereocenters. The van der Waals surface area contributed by atoms with Crippen LogP contribution in [0.3, 0.4) is 0 Å². The summed E-state index contributed by atoms with van der Waals surface area (Å²) < 4.78 is 38.3. The molecule has 1 heterocycles. The van der Waals surface area contributed by atoms with Crippen molar-refractivity contribution in [2.45, 2.75) is 25.1 Å². The largest absolute Gasteiger partial charge is 0.416 e. The lowest BCUT2D eigenvalue weighted by atomic mass is 9.91. The second-order valence-corrected chi connectivity index (χ2v) is 8.85. The van der Waals surface area contributed by atoms with Crippen LogP contribution in [0.4, 0.5) is 23.7 Å². The van der Waals surface area contributed by atoms with Crippen molar-refractivity contribution in [3.05, 3.63) is 87.9 Å². The van der Waals surface area contributed by atoms with Gasteiger partial charge in [-0.15, -0.1) is 0 Å². The van der Waals surface area contributed by atoms with E-state index in [4.69, 9.17) is 23.2 Å². The average molecular weight is 493 g/mol. The maximum absolute atomic E-state index is 13.1. The SMILES string of the molecule is CC1(Cc2ccc(-c3ccc(C(F)(F)F)cc3)cc2)NC(=O)N(c2cc(Cl)cc(Cl)c2)C1=O. The van der Waals surface area contributed by atoms with Crippen LogP contribution in [-0.4, -0.2) is 17.5 Å². The van der Waals surface area contributed by atoms with Gasteiger partial charge in [0.1, 0.15) is 5.54 Å². The van der Waals surface area contributed by atoms with Crippen molar-refractivity contribution in [1.82, 2.24) is 5.32 Å². The molecule has 4 rings (SSSR count). The molecule has 170 valence electrons. The number of rotatable bonds is 4. The Hall–Kier alpha value is -3.03. The first-order valence-corrected chi connectivity index (χ1v) is 10.6. The summed E-state index contributed by atoms with van der Waals surface area (Å²) in [6, 6.07) is 15.8. The number of benzene rings is 3. The Morgan fingerprint density at radius 3 is 1.91 bits per heavy atom. The van der Waals surface area contributed by atoms with Crippen molar-refractivity contribution in [2.24, 2.45) is 0 Å². The first-order chi connectivity index (χ1) is 15.5. The van der Waals surface area contributed by atoms with E-state index in [0.29, 0.717) is 15.6 Å². The number of halogens is 5. The Morgan fingerprint density at radius 2 is 1.39 bits per heavy atom. The maximum Gasteiger partial charge on any atom is 0.416 e. The van der Waals surface area contributed by atoms with E-state index in [1.165, 1.54) is 30.3 Å². The minimum absolute atomic E-state index is 0.218. The van der Waals surface area contributed by atoms with Gasteiger partial charge in [0.2, 0.25) is 0 Å². The van der Waals surface area contributed by atoms with Crippen LogP contribution < -0.4 is 10.2 Å². The summed E-state index contributed by atoms with van der Waals surface area (Å²) in [5, 5.41) is 3.32. The van der Waals surface area contributed by atoms with Crippen LogP contribution in [0.25, 0.3) is 11.1 Å². The summed E-state index contributed by atoms with van der Waals surface area (Å²) in [6.45, 7) is 1.63. The molecule has 3 amide bonds. The highest BCUT2D eigenvalue weighted by Crippen LogP contribution is 2.33. The monoisotopic (exact) mass is 492 g/mol. The van der Waals surface area contributed by atoms with Crippen LogP contribution in [-0.2, 0) is 17.4 Å². The van der Waals surface area contributed by atoms with Gasteiger partial charge >= 0.3 is 12.2 Å². The number of hydrogen-bond donors (Lipinski definition) is 1. The fraction of sp³-hybridized carbons (Fsp3) is 0.167.